The van der Waals surface area contributed by atoms with Gasteiger partial charge in [-0.3, -0.25) is 9.59 Å². The van der Waals surface area contributed by atoms with Gasteiger partial charge in [0.25, 0.3) is 0 Å². The third-order valence-corrected chi connectivity index (χ3v) is 4.42. The molecule has 0 aliphatic heterocycles. The molecule has 1 aromatic carbocycles. The lowest BCUT2D eigenvalue weighted by Gasteiger charge is -2.07. The van der Waals surface area contributed by atoms with E-state index in [2.05, 4.69) is 14.8 Å². The molecule has 0 heterocycles. The van der Waals surface area contributed by atoms with E-state index in [9.17, 15) is 18.0 Å². The van der Waals surface area contributed by atoms with E-state index in [0.29, 0.717) is 6.42 Å². The van der Waals surface area contributed by atoms with Crippen LogP contribution in [-0.2, 0) is 24.3 Å². The molecule has 7 nitrogen and oxygen atoms in total. The minimum Gasteiger partial charge on any atom is -0.465 e. The number of carbonyl (C=O) groups is 2. The van der Waals surface area contributed by atoms with Crippen molar-refractivity contribution < 1.29 is 22.7 Å². The summed E-state index contributed by atoms with van der Waals surface area (Å²) in [5, 5.41) is 2.41. The van der Waals surface area contributed by atoms with E-state index in [1.807, 2.05) is 6.92 Å². The molecule has 1 rings (SSSR count). The van der Waals surface area contributed by atoms with Gasteiger partial charge in [0, 0.05) is 13.0 Å². The highest BCUT2D eigenvalue weighted by Crippen LogP contribution is 2.09. The highest BCUT2D eigenvalue weighted by Gasteiger charge is 2.13. The summed E-state index contributed by atoms with van der Waals surface area (Å²) in [6, 6.07) is 6.50. The summed E-state index contributed by atoms with van der Waals surface area (Å²) in [6.45, 7) is 3.78. The van der Waals surface area contributed by atoms with Crippen LogP contribution in [0.15, 0.2) is 29.2 Å². The molecule has 0 aliphatic carbocycles. The lowest BCUT2D eigenvalue weighted by atomic mass is 10.2. The van der Waals surface area contributed by atoms with Crippen LogP contribution in [0, 0.1) is 6.92 Å². The molecular formula is C15H22N2O5S. The van der Waals surface area contributed by atoms with E-state index >= 15 is 0 Å². The largest absolute Gasteiger partial charge is 0.465 e. The van der Waals surface area contributed by atoms with Gasteiger partial charge in [0.05, 0.1) is 11.5 Å². The maximum Gasteiger partial charge on any atom is 0.325 e. The van der Waals surface area contributed by atoms with Crippen molar-refractivity contribution in [1.82, 2.24) is 10.0 Å². The first-order valence-corrected chi connectivity index (χ1v) is 8.82. The SMILES string of the molecule is CCOC(=O)CNC(=O)CCCNS(=O)(=O)c1ccc(C)cc1. The standard InChI is InChI=1S/C15H22N2O5S/c1-3-22-15(19)11-16-14(18)5-4-10-17-23(20,21)13-8-6-12(2)7-9-13/h6-9,17H,3-5,10-11H2,1-2H3,(H,16,18). The van der Waals surface area contributed by atoms with Crippen molar-refractivity contribution in [1.29, 1.82) is 0 Å². The summed E-state index contributed by atoms with van der Waals surface area (Å²) in [5.74, 6) is -0.825. The molecule has 0 unspecified atom stereocenters. The van der Waals surface area contributed by atoms with Crippen molar-refractivity contribution >= 4 is 21.9 Å². The van der Waals surface area contributed by atoms with Gasteiger partial charge in [-0.05, 0) is 32.4 Å². The molecule has 8 heteroatoms. The van der Waals surface area contributed by atoms with Gasteiger partial charge < -0.3 is 10.1 Å². The molecule has 1 aromatic rings. The molecule has 1 amide bonds. The van der Waals surface area contributed by atoms with Crippen LogP contribution in [0.25, 0.3) is 0 Å². The summed E-state index contributed by atoms with van der Waals surface area (Å²) in [5.41, 5.74) is 0.974. The van der Waals surface area contributed by atoms with Gasteiger partial charge in [0.15, 0.2) is 0 Å². The van der Waals surface area contributed by atoms with E-state index < -0.39 is 16.0 Å². The third kappa shape index (κ3) is 7.25. The van der Waals surface area contributed by atoms with E-state index in [4.69, 9.17) is 0 Å². The average Bonchev–Trinajstić information content (AvgIpc) is 2.50. The molecule has 0 saturated heterocycles. The lowest BCUT2D eigenvalue weighted by Crippen LogP contribution is -2.31. The zero-order valence-corrected chi connectivity index (χ0v) is 14.1. The number of rotatable bonds is 9. The van der Waals surface area contributed by atoms with Crippen molar-refractivity contribution in [3.05, 3.63) is 29.8 Å². The quantitative estimate of drug-likeness (QED) is 0.509. The Labute approximate surface area is 136 Å². The Kier molecular flexibility index (Phi) is 7.70. The number of aryl methyl sites for hydroxylation is 1. The van der Waals surface area contributed by atoms with Crippen LogP contribution in [0.2, 0.25) is 0 Å². The summed E-state index contributed by atoms with van der Waals surface area (Å²) in [7, 11) is -3.56. The number of ether oxygens (including phenoxy) is 1. The Balaban J connectivity index is 2.29. The summed E-state index contributed by atoms with van der Waals surface area (Å²) in [4.78, 5) is 22.7. The zero-order chi connectivity index (χ0) is 17.3. The molecule has 128 valence electrons. The third-order valence-electron chi connectivity index (χ3n) is 2.94. The van der Waals surface area contributed by atoms with Gasteiger partial charge in [0.1, 0.15) is 6.54 Å². The Morgan fingerprint density at radius 2 is 1.83 bits per heavy atom. The topological polar surface area (TPSA) is 102 Å². The van der Waals surface area contributed by atoms with Gasteiger partial charge >= 0.3 is 5.97 Å². The molecule has 0 fully saturated rings. The molecule has 0 atom stereocenters. The Bertz CT molecular complexity index is 626. The van der Waals surface area contributed by atoms with Crippen molar-refractivity contribution in [2.24, 2.45) is 0 Å². The maximum absolute atomic E-state index is 12.0. The first kappa shape index (κ1) is 19.1. The first-order valence-electron chi connectivity index (χ1n) is 7.34. The van der Waals surface area contributed by atoms with E-state index in [1.54, 1.807) is 19.1 Å². The van der Waals surface area contributed by atoms with Crippen molar-refractivity contribution in [3.63, 3.8) is 0 Å². The predicted octanol–water partition coefficient (Wildman–Crippen LogP) is 0.733. The van der Waals surface area contributed by atoms with Crippen molar-refractivity contribution in [3.8, 4) is 0 Å². The lowest BCUT2D eigenvalue weighted by molar-refractivity contribution is -0.143. The molecule has 0 saturated carbocycles. The second-order valence-corrected chi connectivity index (χ2v) is 6.66. The minimum atomic E-state index is -3.56. The van der Waals surface area contributed by atoms with E-state index in [0.717, 1.165) is 5.56 Å². The number of hydrogen-bond acceptors (Lipinski definition) is 5. The van der Waals surface area contributed by atoms with Gasteiger partial charge in [0.2, 0.25) is 15.9 Å². The van der Waals surface area contributed by atoms with Gasteiger partial charge in [-0.25, -0.2) is 13.1 Å². The molecular weight excluding hydrogens is 320 g/mol. The fraction of sp³-hybridized carbons (Fsp3) is 0.467. The smallest absolute Gasteiger partial charge is 0.325 e. The zero-order valence-electron chi connectivity index (χ0n) is 13.3. The number of nitrogens with one attached hydrogen (secondary N) is 2. The molecule has 0 aliphatic rings. The van der Waals surface area contributed by atoms with Crippen LogP contribution < -0.4 is 10.0 Å². The highest BCUT2D eigenvalue weighted by atomic mass is 32.2. The van der Waals surface area contributed by atoms with Crippen molar-refractivity contribution in [2.75, 3.05) is 19.7 Å². The summed E-state index contributed by atoms with van der Waals surface area (Å²) < 4.78 is 31.1. The summed E-state index contributed by atoms with van der Waals surface area (Å²) in [6.07, 6.45) is 0.454. The number of benzene rings is 1. The number of hydrogen-bond donors (Lipinski definition) is 2. The second-order valence-electron chi connectivity index (χ2n) is 4.90. The minimum absolute atomic E-state index is 0.121. The number of sulfonamides is 1. The van der Waals surface area contributed by atoms with Gasteiger partial charge in [-0.1, -0.05) is 17.7 Å². The van der Waals surface area contributed by atoms with Crippen LogP contribution >= 0.6 is 0 Å². The fourth-order valence-electron chi connectivity index (χ4n) is 1.73. The monoisotopic (exact) mass is 342 g/mol. The molecule has 2 N–H and O–H groups in total. The van der Waals surface area contributed by atoms with Crippen molar-refractivity contribution in [2.45, 2.75) is 31.6 Å². The van der Waals surface area contributed by atoms with Gasteiger partial charge in [-0.2, -0.15) is 0 Å². The van der Waals surface area contributed by atoms with Crippen LogP contribution in [0.4, 0.5) is 0 Å². The Morgan fingerprint density at radius 3 is 2.43 bits per heavy atom. The number of esters is 1. The van der Waals surface area contributed by atoms with Crippen LogP contribution in [0.1, 0.15) is 25.3 Å². The van der Waals surface area contributed by atoms with Gasteiger partial charge in [-0.15, -0.1) is 0 Å². The normalized spacial score (nSPS) is 11.0. The molecule has 23 heavy (non-hydrogen) atoms. The van der Waals surface area contributed by atoms with E-state index in [-0.39, 0.29) is 36.9 Å². The maximum atomic E-state index is 12.0. The number of amides is 1. The van der Waals surface area contributed by atoms with Crippen LogP contribution in [0.5, 0.6) is 0 Å². The molecule has 0 radical (unpaired) electrons. The van der Waals surface area contributed by atoms with Crippen LogP contribution in [-0.4, -0.2) is 40.0 Å². The molecule has 0 aromatic heterocycles. The Hall–Kier alpha value is -1.93. The van der Waals surface area contributed by atoms with E-state index in [1.165, 1.54) is 12.1 Å². The number of carbonyl (C=O) groups excluding carboxylic acids is 2. The highest BCUT2D eigenvalue weighted by molar-refractivity contribution is 7.89. The second kappa shape index (κ2) is 9.26. The first-order chi connectivity index (χ1) is 10.8. The molecule has 0 bridgehead atoms. The summed E-state index contributed by atoms with van der Waals surface area (Å²) >= 11 is 0. The molecule has 0 spiro atoms. The predicted molar refractivity (Wildman–Crippen MR) is 85.2 cm³/mol. The Morgan fingerprint density at radius 1 is 1.17 bits per heavy atom. The average molecular weight is 342 g/mol. The fourth-order valence-corrected chi connectivity index (χ4v) is 2.80. The van der Waals surface area contributed by atoms with Crippen LogP contribution in [0.3, 0.4) is 0 Å².